The largest absolute Gasteiger partial charge is 0.118 e. The molecule has 0 saturated heterocycles. The van der Waals surface area contributed by atoms with E-state index in [-0.39, 0.29) is 0 Å². The van der Waals surface area contributed by atoms with Crippen LogP contribution >= 0.6 is 0 Å². The van der Waals surface area contributed by atoms with Crippen LogP contribution in [-0.2, 0) is 0 Å². The minimum atomic E-state index is 0.420. The van der Waals surface area contributed by atoms with Crippen molar-refractivity contribution in [3.8, 4) is 0 Å². The number of hydrogen-bond acceptors (Lipinski definition) is 0. The van der Waals surface area contributed by atoms with E-state index in [0.717, 1.165) is 0 Å². The van der Waals surface area contributed by atoms with Crippen molar-refractivity contribution in [2.45, 2.75) is 0 Å². The maximum atomic E-state index is 3.64. The first-order chi connectivity index (χ1) is 1.91. The van der Waals surface area contributed by atoms with Gasteiger partial charge in [-0.3, -0.25) is 0 Å². The summed E-state index contributed by atoms with van der Waals surface area (Å²) < 4.78 is 0. The quantitative estimate of drug-likeness (QED) is 0.332. The molecule has 0 rings (SSSR count). The Morgan fingerprint density at radius 2 is 2.25 bits per heavy atom. The molecule has 0 heterocycles. The van der Waals surface area contributed by atoms with Crippen LogP contribution < -0.4 is 0 Å². The molecule has 0 spiro atoms. The van der Waals surface area contributed by atoms with Gasteiger partial charge in [-0.1, -0.05) is 0 Å². The Labute approximate surface area is 31.3 Å². The lowest BCUT2D eigenvalue weighted by molar-refractivity contribution is 3.96. The molecule has 4 heavy (non-hydrogen) atoms. The molecule has 0 aromatic carbocycles. The molecule has 0 unspecified atom stereocenters. The fraction of sp³-hybridized carbons (Fsp3) is 0. The molecule has 0 bridgehead atoms. The maximum Gasteiger partial charge on any atom is 0.00673 e. The Morgan fingerprint density at radius 3 is 2.25 bits per heavy atom. The second-order valence-electron chi connectivity index (χ2n) is 0.471. The fourth-order valence-electron chi connectivity index (χ4n) is 0. The number of rotatable bonds is 1. The Hall–Kier alpha value is 0.174. The van der Waals surface area contributed by atoms with E-state index in [1.54, 1.807) is 0 Å². The van der Waals surface area contributed by atoms with Gasteiger partial charge in [0.1, 0.15) is 0 Å². The van der Waals surface area contributed by atoms with Gasteiger partial charge in [0, 0.05) is 9.13 Å². The summed E-state index contributed by atoms with van der Waals surface area (Å²) in [6.07, 6.45) is 3.64. The molecule has 0 aliphatic carbocycles. The molecule has 0 nitrogen and oxygen atoms in total. The van der Waals surface area contributed by atoms with E-state index in [1.807, 2.05) is 9.85 Å². The first kappa shape index (κ1) is 4.17. The molecule has 0 aromatic heterocycles. The van der Waals surface area contributed by atoms with Crippen LogP contribution in [0.25, 0.3) is 0 Å². The zero-order valence-corrected chi connectivity index (χ0v) is 5.14. The molecule has 0 N–H and O–H groups in total. The third kappa shape index (κ3) is 2.17. The normalized spacial score (nSPS) is 5.00. The minimum absolute atomic E-state index is 0.420. The summed E-state index contributed by atoms with van der Waals surface area (Å²) in [7, 11) is 2.29. The summed E-state index contributed by atoms with van der Waals surface area (Å²) >= 11 is 0. The smallest absolute Gasteiger partial charge is 0.00673 e. The second kappa shape index (κ2) is 3.17. The van der Waals surface area contributed by atoms with E-state index in [4.69, 9.17) is 0 Å². The van der Waals surface area contributed by atoms with Crippen LogP contribution in [0.3, 0.4) is 0 Å². The zero-order chi connectivity index (χ0) is 3.41. The van der Waals surface area contributed by atoms with Gasteiger partial charge in [-0.15, -0.1) is 11.5 Å². The Balaban J connectivity index is 2.73. The van der Waals surface area contributed by atoms with Gasteiger partial charge < -0.3 is 0 Å². The standard InChI is InChI=1S/C2H6Si2/c1-4-2-3/h2,4H,1,3H2. The predicted octanol–water partition coefficient (Wildman–Crippen LogP) is -1.75. The van der Waals surface area contributed by atoms with Crippen LogP contribution in [0.1, 0.15) is 0 Å². The Kier molecular flexibility index (Phi) is 3.31. The highest BCUT2D eigenvalue weighted by molar-refractivity contribution is 6.80. The third-order valence-electron chi connectivity index (χ3n) is 0.167. The summed E-state index contributed by atoms with van der Waals surface area (Å²) in [5.41, 5.74) is 0. The van der Waals surface area contributed by atoms with Crippen LogP contribution in [0.4, 0.5) is 0 Å². The fourth-order valence-corrected chi connectivity index (χ4v) is 0. The molecular weight excluding hydrogens is 80.2 g/mol. The zero-order valence-electron chi connectivity index (χ0n) is 2.57. The highest BCUT2D eigenvalue weighted by Crippen LogP contribution is 1.04. The summed E-state index contributed by atoms with van der Waals surface area (Å²) in [5.74, 6) is 0. The molecule has 2 heteroatoms. The Morgan fingerprint density at radius 1 is 2.00 bits per heavy atom. The second-order valence-corrected chi connectivity index (χ2v) is 2.83. The van der Waals surface area contributed by atoms with E-state index < -0.39 is 0 Å². The van der Waals surface area contributed by atoms with E-state index in [9.17, 15) is 0 Å². The van der Waals surface area contributed by atoms with Crippen LogP contribution in [0, 0.1) is 0 Å². The van der Waals surface area contributed by atoms with Crippen molar-refractivity contribution < 1.29 is 0 Å². The molecular formula is C2H6Si2. The topological polar surface area (TPSA) is 0 Å². The van der Waals surface area contributed by atoms with Crippen LogP contribution in [-0.4, -0.2) is 30.5 Å². The van der Waals surface area contributed by atoms with Gasteiger partial charge in [-0.2, -0.15) is 0 Å². The first-order valence-electron chi connectivity index (χ1n) is 1.15. The molecule has 0 aliphatic heterocycles. The van der Waals surface area contributed by atoms with Crippen LogP contribution in [0.2, 0.25) is 0 Å². The summed E-state index contributed by atoms with van der Waals surface area (Å²) in [6, 6.07) is 0. The van der Waals surface area contributed by atoms with Crippen molar-refractivity contribution in [2.24, 2.45) is 0 Å². The average Bonchev–Trinajstić information content (AvgIpc) is 1.37. The SMILES string of the molecule is C=[SiH]C=[SiH2]. The highest BCUT2D eigenvalue weighted by Gasteiger charge is 1.31. The van der Waals surface area contributed by atoms with Crippen molar-refractivity contribution in [3.05, 3.63) is 0 Å². The molecule has 0 aromatic rings. The van der Waals surface area contributed by atoms with Gasteiger partial charge in [0.15, 0.2) is 0 Å². The molecule has 0 aliphatic rings. The average molecular weight is 86.2 g/mol. The van der Waals surface area contributed by atoms with E-state index in [2.05, 4.69) is 11.5 Å². The minimum Gasteiger partial charge on any atom is -0.118 e. The first-order valence-corrected chi connectivity index (χ1v) is 3.45. The van der Waals surface area contributed by atoms with Gasteiger partial charge in [0.25, 0.3) is 0 Å². The number of hydrogen-bond donors (Lipinski definition) is 0. The summed E-state index contributed by atoms with van der Waals surface area (Å²) in [5, 5.41) is 2.12. The van der Waals surface area contributed by atoms with Gasteiger partial charge in [0.05, 0.1) is 0 Å². The molecule has 0 atom stereocenters. The lowest BCUT2D eigenvalue weighted by Crippen LogP contribution is -1.70. The van der Waals surface area contributed by atoms with Gasteiger partial charge in [-0.05, 0) is 9.85 Å². The molecule has 0 saturated carbocycles. The summed E-state index contributed by atoms with van der Waals surface area (Å²) in [6.45, 7) is 0. The van der Waals surface area contributed by atoms with E-state index in [1.165, 1.54) is 0 Å². The molecule has 0 amide bonds. The van der Waals surface area contributed by atoms with Gasteiger partial charge >= 0.3 is 0 Å². The molecule has 0 radical (unpaired) electrons. The van der Waals surface area contributed by atoms with Crippen molar-refractivity contribution in [1.29, 1.82) is 0 Å². The van der Waals surface area contributed by atoms with E-state index >= 15 is 0 Å². The van der Waals surface area contributed by atoms with Crippen LogP contribution in [0.15, 0.2) is 0 Å². The van der Waals surface area contributed by atoms with Crippen molar-refractivity contribution in [3.63, 3.8) is 0 Å². The lowest BCUT2D eigenvalue weighted by atomic mass is 11.9. The highest BCUT2D eigenvalue weighted by atomic mass is 28.2. The maximum absolute atomic E-state index is 3.64. The van der Waals surface area contributed by atoms with Gasteiger partial charge in [0.2, 0.25) is 0 Å². The third-order valence-corrected chi connectivity index (χ3v) is 1.50. The van der Waals surface area contributed by atoms with Crippen molar-refractivity contribution in [1.82, 2.24) is 0 Å². The summed E-state index contributed by atoms with van der Waals surface area (Å²) in [4.78, 5) is 0. The Bertz CT molecular complexity index is 25.0. The van der Waals surface area contributed by atoms with Crippen LogP contribution in [0.5, 0.6) is 0 Å². The lowest BCUT2D eigenvalue weighted by Gasteiger charge is -1.42. The van der Waals surface area contributed by atoms with Crippen molar-refractivity contribution >= 4 is 30.5 Å². The van der Waals surface area contributed by atoms with Crippen molar-refractivity contribution in [2.75, 3.05) is 0 Å². The van der Waals surface area contributed by atoms with Gasteiger partial charge in [-0.25, -0.2) is 0 Å². The predicted molar refractivity (Wildman–Crippen MR) is 28.9 cm³/mol. The molecule has 0 fully saturated rings. The molecule has 22 valence electrons. The monoisotopic (exact) mass is 86.0 g/mol. The van der Waals surface area contributed by atoms with E-state index in [0.29, 0.717) is 9.13 Å².